The molecule has 1 aliphatic rings. The van der Waals surface area contributed by atoms with Gasteiger partial charge in [0, 0.05) is 29.9 Å². The van der Waals surface area contributed by atoms with Gasteiger partial charge in [0.25, 0.3) is 11.5 Å². The van der Waals surface area contributed by atoms with Crippen molar-refractivity contribution < 1.29 is 8.78 Å². The van der Waals surface area contributed by atoms with E-state index in [-0.39, 0.29) is 12.1 Å². The number of anilines is 1. The average Bonchev–Trinajstić information content (AvgIpc) is 3.05. The van der Waals surface area contributed by atoms with Gasteiger partial charge in [-0.2, -0.15) is 5.10 Å². The summed E-state index contributed by atoms with van der Waals surface area (Å²) in [7, 11) is 0. The Morgan fingerprint density at radius 3 is 2.65 bits per heavy atom. The number of nitrogens with one attached hydrogen (secondary N) is 2. The van der Waals surface area contributed by atoms with E-state index in [0.29, 0.717) is 16.9 Å². The summed E-state index contributed by atoms with van der Waals surface area (Å²) in [6.07, 6.45) is 4.17. The van der Waals surface area contributed by atoms with Crippen molar-refractivity contribution in [3.63, 3.8) is 0 Å². The maximum atomic E-state index is 14.2. The molecule has 10 heteroatoms. The normalized spacial score (nSPS) is 18.5. The molecule has 8 nitrogen and oxygen atoms in total. The van der Waals surface area contributed by atoms with Crippen LogP contribution in [0.5, 0.6) is 0 Å². The Morgan fingerprint density at radius 1 is 1.23 bits per heavy atom. The summed E-state index contributed by atoms with van der Waals surface area (Å²) < 4.78 is 30.0. The third-order valence-electron chi connectivity index (χ3n) is 4.78. The minimum Gasteiger partial charge on any atom is -0.348 e. The molecule has 0 aromatic carbocycles. The summed E-state index contributed by atoms with van der Waals surface area (Å²) in [5, 5.41) is 4.09. The Kier molecular flexibility index (Phi) is 3.30. The first-order valence-corrected chi connectivity index (χ1v) is 7.96. The van der Waals surface area contributed by atoms with Crippen molar-refractivity contribution >= 4 is 11.3 Å². The Morgan fingerprint density at radius 2 is 2.00 bits per heavy atom. The maximum absolute atomic E-state index is 14.2. The van der Waals surface area contributed by atoms with Gasteiger partial charge in [0.05, 0.1) is 12.1 Å². The minimum atomic E-state index is -2.85. The molecule has 0 atom stereocenters. The van der Waals surface area contributed by atoms with E-state index in [4.69, 9.17) is 0 Å². The maximum Gasteiger partial charge on any atom is 0.325 e. The molecular formula is C16H16F2N6O2. The van der Waals surface area contributed by atoms with Gasteiger partial charge in [-0.15, -0.1) is 0 Å². The molecule has 136 valence electrons. The van der Waals surface area contributed by atoms with Crippen molar-refractivity contribution in [2.24, 2.45) is 5.41 Å². The van der Waals surface area contributed by atoms with Crippen LogP contribution >= 0.6 is 0 Å². The summed E-state index contributed by atoms with van der Waals surface area (Å²) in [6, 6.07) is 1.64. The molecule has 26 heavy (non-hydrogen) atoms. The van der Waals surface area contributed by atoms with Crippen molar-refractivity contribution in [1.82, 2.24) is 24.6 Å². The topological polar surface area (TPSA) is 99.2 Å². The first-order chi connectivity index (χ1) is 12.2. The van der Waals surface area contributed by atoms with Crippen LogP contribution in [0.4, 0.5) is 14.6 Å². The Bertz CT molecular complexity index is 1100. The number of rotatable bonds is 2. The monoisotopic (exact) mass is 362 g/mol. The Labute approximate surface area is 145 Å². The number of fused-ring (bicyclic) bond motifs is 1. The molecule has 4 rings (SSSR count). The molecule has 0 saturated carbocycles. The van der Waals surface area contributed by atoms with Gasteiger partial charge in [0.2, 0.25) is 0 Å². The molecule has 1 saturated heterocycles. The third kappa shape index (κ3) is 2.40. The molecule has 4 heterocycles. The van der Waals surface area contributed by atoms with E-state index in [0.717, 1.165) is 0 Å². The van der Waals surface area contributed by atoms with E-state index in [1.165, 1.54) is 35.8 Å². The number of halogens is 2. The molecule has 0 bridgehead atoms. The van der Waals surface area contributed by atoms with Crippen LogP contribution in [0.2, 0.25) is 0 Å². The van der Waals surface area contributed by atoms with Crippen LogP contribution in [0.1, 0.15) is 13.8 Å². The van der Waals surface area contributed by atoms with Gasteiger partial charge in [0.15, 0.2) is 5.82 Å². The van der Waals surface area contributed by atoms with Gasteiger partial charge in [0.1, 0.15) is 11.8 Å². The largest absolute Gasteiger partial charge is 0.348 e. The predicted octanol–water partition coefficient (Wildman–Crippen LogP) is 1.25. The fourth-order valence-corrected chi connectivity index (χ4v) is 3.18. The van der Waals surface area contributed by atoms with Crippen molar-refractivity contribution in [1.29, 1.82) is 0 Å². The highest BCUT2D eigenvalue weighted by Crippen LogP contribution is 2.44. The zero-order valence-corrected chi connectivity index (χ0v) is 14.1. The van der Waals surface area contributed by atoms with E-state index >= 15 is 0 Å². The number of aromatic nitrogens is 5. The first kappa shape index (κ1) is 16.4. The van der Waals surface area contributed by atoms with Crippen LogP contribution in [0.3, 0.4) is 0 Å². The van der Waals surface area contributed by atoms with Gasteiger partial charge in [-0.3, -0.25) is 9.78 Å². The summed E-state index contributed by atoms with van der Waals surface area (Å²) in [4.78, 5) is 33.4. The molecule has 0 radical (unpaired) electrons. The molecule has 0 amide bonds. The SMILES string of the molecule is CC1(C)CN(c2ncnn3cc(-c4c[nH]c(=O)[nH]c4=O)cc23)CC1(F)F. The summed E-state index contributed by atoms with van der Waals surface area (Å²) >= 11 is 0. The second-order valence-corrected chi connectivity index (χ2v) is 7.07. The van der Waals surface area contributed by atoms with Gasteiger partial charge in [-0.1, -0.05) is 13.8 Å². The first-order valence-electron chi connectivity index (χ1n) is 7.96. The molecule has 1 fully saturated rings. The van der Waals surface area contributed by atoms with Crippen LogP contribution in [0.15, 0.2) is 34.4 Å². The van der Waals surface area contributed by atoms with Crippen LogP contribution in [-0.2, 0) is 0 Å². The zero-order chi connectivity index (χ0) is 18.7. The lowest BCUT2D eigenvalue weighted by Crippen LogP contribution is -2.34. The quantitative estimate of drug-likeness (QED) is 0.715. The lowest BCUT2D eigenvalue weighted by molar-refractivity contribution is -0.0642. The van der Waals surface area contributed by atoms with Crippen LogP contribution in [0, 0.1) is 5.41 Å². The Balaban J connectivity index is 1.83. The van der Waals surface area contributed by atoms with Gasteiger partial charge >= 0.3 is 5.69 Å². The van der Waals surface area contributed by atoms with Crippen LogP contribution in [-0.4, -0.2) is 43.6 Å². The summed E-state index contributed by atoms with van der Waals surface area (Å²) in [5.41, 5.74) is -1.10. The average molecular weight is 362 g/mol. The van der Waals surface area contributed by atoms with Crippen molar-refractivity contribution in [2.75, 3.05) is 18.0 Å². The molecular weight excluding hydrogens is 346 g/mol. The van der Waals surface area contributed by atoms with Gasteiger partial charge in [-0.05, 0) is 6.07 Å². The lowest BCUT2D eigenvalue weighted by Gasteiger charge is -2.23. The zero-order valence-electron chi connectivity index (χ0n) is 14.1. The number of hydrogen-bond donors (Lipinski definition) is 2. The number of aromatic amines is 2. The van der Waals surface area contributed by atoms with Crippen molar-refractivity contribution in [3.8, 4) is 11.1 Å². The second-order valence-electron chi connectivity index (χ2n) is 7.07. The molecule has 3 aromatic heterocycles. The summed E-state index contributed by atoms with van der Waals surface area (Å²) in [5.74, 6) is -2.47. The Hall–Kier alpha value is -3.04. The predicted molar refractivity (Wildman–Crippen MR) is 90.6 cm³/mol. The fraction of sp³-hybridized carbons (Fsp3) is 0.375. The van der Waals surface area contributed by atoms with Gasteiger partial charge < -0.3 is 9.88 Å². The summed E-state index contributed by atoms with van der Waals surface area (Å²) in [6.45, 7) is 2.75. The molecule has 2 N–H and O–H groups in total. The molecule has 1 aliphatic heterocycles. The lowest BCUT2D eigenvalue weighted by atomic mass is 9.89. The molecule has 0 aliphatic carbocycles. The van der Waals surface area contributed by atoms with Crippen molar-refractivity contribution in [3.05, 3.63) is 45.6 Å². The van der Waals surface area contributed by atoms with Crippen LogP contribution < -0.4 is 16.1 Å². The number of alkyl halides is 2. The van der Waals surface area contributed by atoms with Crippen molar-refractivity contribution in [2.45, 2.75) is 19.8 Å². The number of H-pyrrole nitrogens is 2. The van der Waals surface area contributed by atoms with E-state index in [2.05, 4.69) is 20.1 Å². The standard InChI is InChI=1S/C16H16F2N6O2/c1-15(2)6-23(7-16(15,17)18)12-11-3-9(5-24(11)21-8-20-12)10-4-19-14(26)22-13(10)25/h3-5,8H,6-7H2,1-2H3,(H2,19,22,25,26). The van der Waals surface area contributed by atoms with E-state index in [1.54, 1.807) is 12.3 Å². The molecule has 0 unspecified atom stereocenters. The highest BCUT2D eigenvalue weighted by molar-refractivity contribution is 5.77. The second kappa shape index (κ2) is 5.23. The highest BCUT2D eigenvalue weighted by Gasteiger charge is 2.54. The third-order valence-corrected chi connectivity index (χ3v) is 4.78. The van der Waals surface area contributed by atoms with Gasteiger partial charge in [-0.25, -0.2) is 23.1 Å². The molecule has 0 spiro atoms. The van der Waals surface area contributed by atoms with Crippen LogP contribution in [0.25, 0.3) is 16.6 Å². The number of nitrogens with zero attached hydrogens (tertiary/aromatic N) is 4. The van der Waals surface area contributed by atoms with E-state index < -0.39 is 29.1 Å². The fourth-order valence-electron chi connectivity index (χ4n) is 3.18. The van der Waals surface area contributed by atoms with E-state index in [1.807, 2.05) is 0 Å². The smallest absolute Gasteiger partial charge is 0.325 e. The minimum absolute atomic E-state index is 0.145. The van der Waals surface area contributed by atoms with E-state index in [9.17, 15) is 18.4 Å². The highest BCUT2D eigenvalue weighted by atomic mass is 19.3. The number of hydrogen-bond acceptors (Lipinski definition) is 5. The molecule has 3 aromatic rings.